The highest BCUT2D eigenvalue weighted by molar-refractivity contribution is 7.89. The minimum Gasteiger partial charge on any atom is -0.492 e. The molecule has 0 atom stereocenters. The summed E-state index contributed by atoms with van der Waals surface area (Å²) in [5, 5.41) is 5.24. The van der Waals surface area contributed by atoms with Crippen LogP contribution in [0, 0.1) is 6.92 Å². The van der Waals surface area contributed by atoms with Crippen molar-refractivity contribution in [3.63, 3.8) is 0 Å². The number of rotatable bonds is 10. The molecule has 0 aliphatic rings. The summed E-state index contributed by atoms with van der Waals surface area (Å²) >= 11 is 0. The topological polar surface area (TPSA) is 108 Å². The van der Waals surface area contributed by atoms with Gasteiger partial charge >= 0.3 is 0 Å². The third-order valence-electron chi connectivity index (χ3n) is 5.25. The van der Waals surface area contributed by atoms with Crippen LogP contribution in [-0.4, -0.2) is 49.0 Å². The molecule has 1 heterocycles. The van der Waals surface area contributed by atoms with Crippen molar-refractivity contribution in [2.45, 2.75) is 44.6 Å². The average molecular weight is 459 g/mol. The largest absolute Gasteiger partial charge is 0.492 e. The molecular weight excluding hydrogens is 428 g/mol. The molecule has 1 amide bonds. The molecule has 3 aromatic rings. The molecule has 9 heteroatoms. The average Bonchev–Trinajstić information content (AvgIpc) is 3.08. The molecule has 3 rings (SSSR count). The van der Waals surface area contributed by atoms with Gasteiger partial charge in [0.25, 0.3) is 0 Å². The molecule has 0 fully saturated rings. The first-order chi connectivity index (χ1) is 15.2. The van der Waals surface area contributed by atoms with Crippen LogP contribution in [-0.2, 0) is 27.8 Å². The third-order valence-corrected chi connectivity index (χ3v) is 6.16. The third kappa shape index (κ3) is 5.86. The normalized spacial score (nSPS) is 11.6. The number of carbonyl (C=O) groups excluding carboxylic acids is 1. The van der Waals surface area contributed by atoms with E-state index >= 15 is 0 Å². The maximum Gasteiger partial charge on any atom is 0.238 e. The number of hydrogen-bond donors (Lipinski definition) is 1. The Bertz CT molecular complexity index is 1200. The summed E-state index contributed by atoms with van der Waals surface area (Å²) in [5.74, 6) is 1.54. The molecule has 2 aromatic carbocycles. The fourth-order valence-electron chi connectivity index (χ4n) is 3.54. The molecule has 8 nitrogen and oxygen atoms in total. The molecule has 1 aromatic heterocycles. The van der Waals surface area contributed by atoms with E-state index in [-0.39, 0.29) is 10.8 Å². The van der Waals surface area contributed by atoms with E-state index in [2.05, 4.69) is 11.9 Å². The fourth-order valence-corrected chi connectivity index (χ4v) is 4.07. The van der Waals surface area contributed by atoms with Crippen LogP contribution >= 0.6 is 0 Å². The monoisotopic (exact) mass is 458 g/mol. The minimum absolute atomic E-state index is 0.00169. The first-order valence-electron chi connectivity index (χ1n) is 10.6. The molecule has 0 spiro atoms. The van der Waals surface area contributed by atoms with E-state index in [0.29, 0.717) is 31.5 Å². The van der Waals surface area contributed by atoms with Crippen molar-refractivity contribution < 1.29 is 17.9 Å². The predicted molar refractivity (Wildman–Crippen MR) is 124 cm³/mol. The number of carbonyl (C=O) groups is 1. The second kappa shape index (κ2) is 10.1. The van der Waals surface area contributed by atoms with E-state index in [9.17, 15) is 13.2 Å². The van der Waals surface area contributed by atoms with Crippen LogP contribution in [0.15, 0.2) is 47.4 Å². The first kappa shape index (κ1) is 23.7. The van der Waals surface area contributed by atoms with Crippen molar-refractivity contribution in [2.24, 2.45) is 5.14 Å². The molecule has 172 valence electrons. The highest BCUT2D eigenvalue weighted by atomic mass is 32.2. The summed E-state index contributed by atoms with van der Waals surface area (Å²) in [6.45, 7) is 5.69. The number of nitrogens with zero attached hydrogens (tertiary/aromatic N) is 3. The molecule has 0 unspecified atom stereocenters. The van der Waals surface area contributed by atoms with Gasteiger partial charge in [0.05, 0.1) is 22.5 Å². The lowest BCUT2D eigenvalue weighted by Gasteiger charge is -2.18. The van der Waals surface area contributed by atoms with Gasteiger partial charge in [-0.3, -0.25) is 4.79 Å². The van der Waals surface area contributed by atoms with Crippen LogP contribution in [0.5, 0.6) is 5.75 Å². The van der Waals surface area contributed by atoms with Crippen LogP contribution in [0.1, 0.15) is 31.2 Å². The zero-order valence-corrected chi connectivity index (χ0v) is 19.6. The van der Waals surface area contributed by atoms with E-state index in [0.717, 1.165) is 35.6 Å². The van der Waals surface area contributed by atoms with Gasteiger partial charge in [-0.15, -0.1) is 0 Å². The molecule has 2 N–H and O–H groups in total. The van der Waals surface area contributed by atoms with Crippen molar-refractivity contribution in [3.8, 4) is 5.75 Å². The van der Waals surface area contributed by atoms with Crippen molar-refractivity contribution in [1.82, 2.24) is 14.5 Å². The number of aryl methyl sites for hydroxylation is 3. The second-order valence-electron chi connectivity index (χ2n) is 7.86. The number of likely N-dealkylation sites (N-methyl/N-ethyl adjacent to an activating group) is 1. The number of fused-ring (bicyclic) bond motifs is 1. The highest BCUT2D eigenvalue weighted by Crippen LogP contribution is 2.21. The molecule has 0 aliphatic heterocycles. The number of primary sulfonamides is 1. The van der Waals surface area contributed by atoms with Gasteiger partial charge in [0.15, 0.2) is 0 Å². The van der Waals surface area contributed by atoms with Crippen LogP contribution in [0.25, 0.3) is 11.0 Å². The lowest BCUT2D eigenvalue weighted by atomic mass is 10.2. The molecular formula is C23H30N4O4S. The summed E-state index contributed by atoms with van der Waals surface area (Å²) in [4.78, 5) is 18.9. The summed E-state index contributed by atoms with van der Waals surface area (Å²) in [7, 11) is -2.04. The van der Waals surface area contributed by atoms with Gasteiger partial charge in [0.2, 0.25) is 15.9 Å². The summed E-state index contributed by atoms with van der Waals surface area (Å²) < 4.78 is 31.1. The number of hydrogen-bond acceptors (Lipinski definition) is 5. The van der Waals surface area contributed by atoms with Gasteiger partial charge in [0, 0.05) is 26.4 Å². The summed E-state index contributed by atoms with van der Waals surface area (Å²) in [6, 6.07) is 12.5. The highest BCUT2D eigenvalue weighted by Gasteiger charge is 2.16. The van der Waals surface area contributed by atoms with E-state index in [1.54, 1.807) is 18.0 Å². The molecule has 0 radical (unpaired) electrons. The van der Waals surface area contributed by atoms with Crippen LogP contribution in [0.2, 0.25) is 0 Å². The van der Waals surface area contributed by atoms with Gasteiger partial charge in [-0.25, -0.2) is 18.5 Å². The lowest BCUT2D eigenvalue weighted by molar-refractivity contribution is -0.130. The standard InChI is InChI=1S/C23H30N4O4S/c1-4-12-27-21-9-8-19(32(24,29)30)16-20(21)25-22(27)10-11-23(28)26(3)13-14-31-18-7-5-6-17(2)15-18/h5-9,15-16H,4,10-14H2,1-3H3,(H2,24,29,30). The summed E-state index contributed by atoms with van der Waals surface area (Å²) in [5.41, 5.74) is 2.52. The number of amides is 1. The molecule has 0 bridgehead atoms. The van der Waals surface area contributed by atoms with Crippen LogP contribution < -0.4 is 9.88 Å². The Kier molecular flexibility index (Phi) is 7.52. The van der Waals surface area contributed by atoms with Crippen molar-refractivity contribution >= 4 is 27.0 Å². The van der Waals surface area contributed by atoms with Crippen LogP contribution in [0.3, 0.4) is 0 Å². The Labute approximate surface area is 189 Å². The summed E-state index contributed by atoms with van der Waals surface area (Å²) in [6.07, 6.45) is 1.65. The Morgan fingerprint density at radius 2 is 2.00 bits per heavy atom. The number of nitrogens with two attached hydrogens (primary N) is 1. The molecule has 0 saturated carbocycles. The minimum atomic E-state index is -3.80. The van der Waals surface area contributed by atoms with E-state index in [1.165, 1.54) is 12.1 Å². The van der Waals surface area contributed by atoms with Crippen molar-refractivity contribution in [3.05, 3.63) is 53.9 Å². The smallest absolute Gasteiger partial charge is 0.238 e. The lowest BCUT2D eigenvalue weighted by Crippen LogP contribution is -2.31. The second-order valence-corrected chi connectivity index (χ2v) is 9.42. The first-order valence-corrected chi connectivity index (χ1v) is 12.2. The Hall–Kier alpha value is -2.91. The van der Waals surface area contributed by atoms with Gasteiger partial charge in [-0.2, -0.15) is 0 Å². The zero-order valence-electron chi connectivity index (χ0n) is 18.7. The fraction of sp³-hybridized carbons (Fsp3) is 0.391. The van der Waals surface area contributed by atoms with Gasteiger partial charge < -0.3 is 14.2 Å². The maximum absolute atomic E-state index is 12.6. The Balaban J connectivity index is 1.63. The zero-order chi connectivity index (χ0) is 23.3. The van der Waals surface area contributed by atoms with Crippen molar-refractivity contribution in [2.75, 3.05) is 20.2 Å². The number of aromatic nitrogens is 2. The van der Waals surface area contributed by atoms with Gasteiger partial charge in [0.1, 0.15) is 18.2 Å². The molecule has 32 heavy (non-hydrogen) atoms. The van der Waals surface area contributed by atoms with Crippen molar-refractivity contribution in [1.29, 1.82) is 0 Å². The number of ether oxygens (including phenoxy) is 1. The Morgan fingerprint density at radius 1 is 1.22 bits per heavy atom. The maximum atomic E-state index is 12.6. The predicted octanol–water partition coefficient (Wildman–Crippen LogP) is 2.87. The SMILES string of the molecule is CCCn1c(CCC(=O)N(C)CCOc2cccc(C)c2)nc2cc(S(N)(=O)=O)ccc21. The number of benzene rings is 2. The number of sulfonamides is 1. The van der Waals surface area contributed by atoms with Gasteiger partial charge in [-0.05, 0) is 49.2 Å². The molecule has 0 aliphatic carbocycles. The van der Waals surface area contributed by atoms with Crippen LogP contribution in [0.4, 0.5) is 0 Å². The van der Waals surface area contributed by atoms with E-state index in [4.69, 9.17) is 9.88 Å². The van der Waals surface area contributed by atoms with E-state index < -0.39 is 10.0 Å². The molecule has 0 saturated heterocycles. The quantitative estimate of drug-likeness (QED) is 0.503. The van der Waals surface area contributed by atoms with Gasteiger partial charge in [-0.1, -0.05) is 19.1 Å². The number of imidazole rings is 1. The van der Waals surface area contributed by atoms with E-state index in [1.807, 2.05) is 35.8 Å². The Morgan fingerprint density at radius 3 is 2.69 bits per heavy atom.